The summed E-state index contributed by atoms with van der Waals surface area (Å²) in [6.45, 7) is 0.964. The highest BCUT2D eigenvalue weighted by Crippen LogP contribution is 2.26. The molecule has 1 aromatic carbocycles. The molecule has 126 valence electrons. The molecule has 0 saturated heterocycles. The zero-order chi connectivity index (χ0) is 16.8. The minimum absolute atomic E-state index is 0.185. The zero-order valence-corrected chi connectivity index (χ0v) is 15.0. The molecule has 0 saturated carbocycles. The number of benzene rings is 1. The third-order valence-electron chi connectivity index (χ3n) is 3.55. The molecule has 4 nitrogen and oxygen atoms in total. The van der Waals surface area contributed by atoms with E-state index in [1.165, 1.54) is 4.88 Å². The second kappa shape index (κ2) is 8.37. The van der Waals surface area contributed by atoms with Crippen LogP contribution in [0.4, 0.5) is 0 Å². The molecule has 0 radical (unpaired) electrons. The molecule has 0 atom stereocenters. The Kier molecular flexibility index (Phi) is 5.96. The van der Waals surface area contributed by atoms with Crippen molar-refractivity contribution in [2.45, 2.75) is 12.4 Å². The van der Waals surface area contributed by atoms with E-state index in [-0.39, 0.29) is 5.91 Å². The molecule has 3 aromatic rings. The predicted octanol–water partition coefficient (Wildman–Crippen LogP) is 4.30. The minimum atomic E-state index is -0.185. The Bertz CT molecular complexity index is 796. The first-order chi connectivity index (χ1) is 11.8. The fourth-order valence-corrected chi connectivity index (χ4v) is 4.15. The third kappa shape index (κ3) is 4.01. The summed E-state index contributed by atoms with van der Waals surface area (Å²) in [7, 11) is 1.62. The van der Waals surface area contributed by atoms with Crippen LogP contribution in [0.25, 0.3) is 11.0 Å². The first kappa shape index (κ1) is 17.1. The number of fused-ring (bicyclic) bond motifs is 1. The summed E-state index contributed by atoms with van der Waals surface area (Å²) in [5.41, 5.74) is 1.51. The van der Waals surface area contributed by atoms with Crippen LogP contribution in [0, 0.1) is 0 Å². The number of para-hydroxylation sites is 1. The second-order valence-electron chi connectivity index (χ2n) is 5.23. The first-order valence-corrected chi connectivity index (χ1v) is 9.70. The molecule has 1 amide bonds. The number of thiophene rings is 1. The minimum Gasteiger partial charge on any atom is -0.451 e. The molecule has 3 rings (SSSR count). The molecular weight excluding hydrogens is 342 g/mol. The van der Waals surface area contributed by atoms with E-state index in [0.29, 0.717) is 24.5 Å². The number of carbonyl (C=O) groups excluding carboxylic acids is 1. The van der Waals surface area contributed by atoms with Crippen LogP contribution >= 0.6 is 23.1 Å². The summed E-state index contributed by atoms with van der Waals surface area (Å²) in [5, 5.41) is 5.94. The van der Waals surface area contributed by atoms with Crippen LogP contribution in [0.1, 0.15) is 21.0 Å². The van der Waals surface area contributed by atoms with Crippen LogP contribution in [0.15, 0.2) is 46.2 Å². The van der Waals surface area contributed by atoms with Crippen molar-refractivity contribution >= 4 is 40.0 Å². The van der Waals surface area contributed by atoms with Gasteiger partial charge in [-0.2, -0.15) is 11.8 Å². The van der Waals surface area contributed by atoms with Crippen LogP contribution in [0.5, 0.6) is 0 Å². The summed E-state index contributed by atoms with van der Waals surface area (Å²) in [6, 6.07) is 11.8. The van der Waals surface area contributed by atoms with Gasteiger partial charge in [-0.05, 0) is 17.5 Å². The number of hydrogen-bond acceptors (Lipinski definition) is 5. The Morgan fingerprint density at radius 1 is 1.29 bits per heavy atom. The number of furan rings is 1. The van der Waals surface area contributed by atoms with Crippen molar-refractivity contribution in [2.24, 2.45) is 0 Å². The zero-order valence-electron chi connectivity index (χ0n) is 13.4. The summed E-state index contributed by atoms with van der Waals surface area (Å²) in [6.07, 6.45) is 0. The number of nitrogens with one attached hydrogen (secondary N) is 1. The van der Waals surface area contributed by atoms with E-state index < -0.39 is 0 Å². The molecule has 0 fully saturated rings. The Balaban J connectivity index is 1.58. The second-order valence-corrected chi connectivity index (χ2v) is 7.36. The van der Waals surface area contributed by atoms with Gasteiger partial charge in [0.05, 0.1) is 6.61 Å². The molecule has 2 aromatic heterocycles. The smallest absolute Gasteiger partial charge is 0.287 e. The Morgan fingerprint density at radius 2 is 2.17 bits per heavy atom. The van der Waals surface area contributed by atoms with Crippen LogP contribution in [-0.2, 0) is 17.1 Å². The van der Waals surface area contributed by atoms with Crippen molar-refractivity contribution in [3.63, 3.8) is 0 Å². The molecule has 0 unspecified atom stereocenters. The van der Waals surface area contributed by atoms with Gasteiger partial charge in [-0.15, -0.1) is 11.3 Å². The monoisotopic (exact) mass is 361 g/mol. The summed E-state index contributed by atoms with van der Waals surface area (Å²) in [5.74, 6) is 2.01. The topological polar surface area (TPSA) is 51.5 Å². The number of thioether (sulfide) groups is 1. The summed E-state index contributed by atoms with van der Waals surface area (Å²) in [4.78, 5) is 13.8. The van der Waals surface area contributed by atoms with E-state index in [2.05, 4.69) is 22.8 Å². The highest BCUT2D eigenvalue weighted by molar-refractivity contribution is 7.98. The lowest BCUT2D eigenvalue weighted by atomic mass is 10.1. The maximum atomic E-state index is 12.4. The molecular formula is C18H19NO3S2. The molecule has 6 heteroatoms. The van der Waals surface area contributed by atoms with Crippen LogP contribution in [0.2, 0.25) is 0 Å². The van der Waals surface area contributed by atoms with Gasteiger partial charge in [0.2, 0.25) is 0 Å². The number of rotatable bonds is 8. The Morgan fingerprint density at radius 3 is 2.96 bits per heavy atom. The number of amides is 1. The van der Waals surface area contributed by atoms with Crippen LogP contribution < -0.4 is 5.32 Å². The molecule has 24 heavy (non-hydrogen) atoms. The quantitative estimate of drug-likeness (QED) is 0.608. The van der Waals surface area contributed by atoms with Gasteiger partial charge < -0.3 is 14.5 Å². The standard InChI is InChI=1S/C18H19NO3S2/c1-21-11-15-14-6-2-3-7-16(14)22-17(15)18(20)19-8-10-23-12-13-5-4-9-24-13/h2-7,9H,8,10-12H2,1H3,(H,19,20). The van der Waals surface area contributed by atoms with Gasteiger partial charge in [0.25, 0.3) is 5.91 Å². The lowest BCUT2D eigenvalue weighted by Gasteiger charge is -2.05. The van der Waals surface area contributed by atoms with Crippen molar-refractivity contribution in [1.82, 2.24) is 5.32 Å². The Hall–Kier alpha value is -1.76. The fraction of sp³-hybridized carbons (Fsp3) is 0.278. The molecule has 0 aliphatic rings. The lowest BCUT2D eigenvalue weighted by Crippen LogP contribution is -2.26. The van der Waals surface area contributed by atoms with E-state index in [4.69, 9.17) is 9.15 Å². The van der Waals surface area contributed by atoms with Gasteiger partial charge in [0, 0.05) is 41.0 Å². The SMILES string of the molecule is COCc1c(C(=O)NCCSCc2cccs2)oc2ccccc12. The molecule has 0 aliphatic heterocycles. The van der Waals surface area contributed by atoms with Crippen molar-refractivity contribution in [2.75, 3.05) is 19.4 Å². The molecule has 1 N–H and O–H groups in total. The van der Waals surface area contributed by atoms with Gasteiger partial charge in [0.1, 0.15) is 5.58 Å². The number of ether oxygens (including phenoxy) is 1. The third-order valence-corrected chi connectivity index (χ3v) is 5.62. The van der Waals surface area contributed by atoms with E-state index in [1.807, 2.05) is 36.0 Å². The summed E-state index contributed by atoms with van der Waals surface area (Å²) < 4.78 is 11.0. The molecule has 0 bridgehead atoms. The maximum Gasteiger partial charge on any atom is 0.287 e. The van der Waals surface area contributed by atoms with Gasteiger partial charge >= 0.3 is 0 Å². The average Bonchev–Trinajstić information content (AvgIpc) is 3.23. The number of methoxy groups -OCH3 is 1. The van der Waals surface area contributed by atoms with Crippen LogP contribution in [-0.4, -0.2) is 25.3 Å². The van der Waals surface area contributed by atoms with Crippen molar-refractivity contribution < 1.29 is 13.9 Å². The van der Waals surface area contributed by atoms with Gasteiger partial charge in [-0.1, -0.05) is 24.3 Å². The van der Waals surface area contributed by atoms with Gasteiger partial charge in [-0.25, -0.2) is 0 Å². The fourth-order valence-electron chi connectivity index (χ4n) is 2.45. The molecule has 0 aliphatic carbocycles. The summed E-state index contributed by atoms with van der Waals surface area (Å²) >= 11 is 3.56. The van der Waals surface area contributed by atoms with Crippen molar-refractivity contribution in [3.05, 3.63) is 58.0 Å². The molecule has 2 heterocycles. The van der Waals surface area contributed by atoms with Gasteiger partial charge in [-0.3, -0.25) is 4.79 Å². The maximum absolute atomic E-state index is 12.4. The van der Waals surface area contributed by atoms with E-state index in [1.54, 1.807) is 18.4 Å². The van der Waals surface area contributed by atoms with Crippen LogP contribution in [0.3, 0.4) is 0 Å². The predicted molar refractivity (Wildman–Crippen MR) is 99.7 cm³/mol. The van der Waals surface area contributed by atoms with Gasteiger partial charge in [0.15, 0.2) is 5.76 Å². The lowest BCUT2D eigenvalue weighted by molar-refractivity contribution is 0.0924. The number of hydrogen-bond donors (Lipinski definition) is 1. The average molecular weight is 361 g/mol. The normalized spacial score (nSPS) is 11.0. The van der Waals surface area contributed by atoms with E-state index in [0.717, 1.165) is 22.5 Å². The highest BCUT2D eigenvalue weighted by Gasteiger charge is 2.19. The molecule has 0 spiro atoms. The Labute approximate surface area is 149 Å². The van der Waals surface area contributed by atoms with E-state index >= 15 is 0 Å². The van der Waals surface area contributed by atoms with Crippen molar-refractivity contribution in [1.29, 1.82) is 0 Å². The highest BCUT2D eigenvalue weighted by atomic mass is 32.2. The number of carbonyl (C=O) groups is 1. The van der Waals surface area contributed by atoms with E-state index in [9.17, 15) is 4.79 Å². The van der Waals surface area contributed by atoms with Crippen molar-refractivity contribution in [3.8, 4) is 0 Å². The largest absolute Gasteiger partial charge is 0.451 e. The first-order valence-electron chi connectivity index (χ1n) is 7.67.